The van der Waals surface area contributed by atoms with Gasteiger partial charge in [0.1, 0.15) is 11.8 Å². The van der Waals surface area contributed by atoms with Crippen molar-refractivity contribution in [2.24, 2.45) is 0 Å². The van der Waals surface area contributed by atoms with Crippen molar-refractivity contribution in [2.75, 3.05) is 19.6 Å². The predicted octanol–water partition coefficient (Wildman–Crippen LogP) is 3.16. The Morgan fingerprint density at radius 3 is 2.47 bits per heavy atom. The fourth-order valence-corrected chi connectivity index (χ4v) is 4.95. The number of piperidine rings is 1. The summed E-state index contributed by atoms with van der Waals surface area (Å²) in [6, 6.07) is 13.5. The van der Waals surface area contributed by atoms with Gasteiger partial charge in [0.2, 0.25) is 5.91 Å². The van der Waals surface area contributed by atoms with E-state index in [0.29, 0.717) is 50.0 Å². The van der Waals surface area contributed by atoms with E-state index >= 15 is 0 Å². The predicted molar refractivity (Wildman–Crippen MR) is 125 cm³/mol. The smallest absolute Gasteiger partial charge is 0.289 e. The molecule has 0 radical (unpaired) electrons. The monoisotopic (exact) mass is 461 g/mol. The summed E-state index contributed by atoms with van der Waals surface area (Å²) in [6.45, 7) is 1.53. The molecule has 8 heteroatoms. The molecule has 0 saturated carbocycles. The van der Waals surface area contributed by atoms with Crippen molar-refractivity contribution in [2.45, 2.75) is 37.8 Å². The van der Waals surface area contributed by atoms with Crippen LogP contribution in [-0.2, 0) is 4.79 Å². The molecule has 3 heterocycles. The van der Waals surface area contributed by atoms with Crippen LogP contribution in [0.4, 0.5) is 0 Å². The first-order chi connectivity index (χ1) is 16.5. The van der Waals surface area contributed by atoms with Crippen LogP contribution in [0.3, 0.4) is 0 Å². The van der Waals surface area contributed by atoms with Crippen LogP contribution < -0.4 is 5.32 Å². The van der Waals surface area contributed by atoms with Crippen molar-refractivity contribution < 1.29 is 23.9 Å². The van der Waals surface area contributed by atoms with Gasteiger partial charge in [-0.2, -0.15) is 0 Å². The zero-order valence-corrected chi connectivity index (χ0v) is 18.8. The second-order valence-corrected chi connectivity index (χ2v) is 8.89. The highest BCUT2D eigenvalue weighted by atomic mass is 16.3. The largest absolute Gasteiger partial charge is 0.506 e. The number of phenolic OH excluding ortho intramolecular Hbond substituents is 1. The molecule has 2 fully saturated rings. The van der Waals surface area contributed by atoms with Gasteiger partial charge in [-0.15, -0.1) is 0 Å². The number of hydrogen-bond donors (Lipinski definition) is 2. The van der Waals surface area contributed by atoms with E-state index in [1.165, 1.54) is 6.26 Å². The van der Waals surface area contributed by atoms with E-state index in [-0.39, 0.29) is 35.1 Å². The molecular formula is C26H27N3O5. The van der Waals surface area contributed by atoms with E-state index in [1.54, 1.807) is 34.1 Å². The van der Waals surface area contributed by atoms with Crippen molar-refractivity contribution in [1.29, 1.82) is 0 Å². The molecule has 5 rings (SSSR count). The van der Waals surface area contributed by atoms with Crippen molar-refractivity contribution >= 4 is 28.5 Å². The highest BCUT2D eigenvalue weighted by molar-refractivity contribution is 6.05. The number of benzene rings is 2. The van der Waals surface area contributed by atoms with Crippen molar-refractivity contribution in [3.05, 3.63) is 66.1 Å². The number of carbonyl (C=O) groups excluding carboxylic acids is 3. The first-order valence-electron chi connectivity index (χ1n) is 11.7. The molecule has 2 saturated heterocycles. The van der Waals surface area contributed by atoms with E-state index in [2.05, 4.69) is 5.32 Å². The Bertz CT molecular complexity index is 1210. The van der Waals surface area contributed by atoms with Crippen LogP contribution >= 0.6 is 0 Å². The van der Waals surface area contributed by atoms with Gasteiger partial charge in [-0.3, -0.25) is 14.4 Å². The maximum Gasteiger partial charge on any atom is 0.289 e. The highest BCUT2D eigenvalue weighted by Crippen LogP contribution is 2.31. The number of hydrogen-bond acceptors (Lipinski definition) is 5. The normalized spacial score (nSPS) is 18.9. The minimum Gasteiger partial charge on any atom is -0.506 e. The number of nitrogens with zero attached hydrogens (tertiary/aromatic N) is 2. The highest BCUT2D eigenvalue weighted by Gasteiger charge is 2.37. The van der Waals surface area contributed by atoms with Crippen LogP contribution in [0.2, 0.25) is 0 Å². The van der Waals surface area contributed by atoms with Gasteiger partial charge < -0.3 is 24.6 Å². The molecule has 34 heavy (non-hydrogen) atoms. The number of rotatable bonds is 4. The minimum atomic E-state index is -0.568. The maximum absolute atomic E-state index is 13.3. The van der Waals surface area contributed by atoms with E-state index in [9.17, 15) is 19.5 Å². The molecule has 0 spiro atoms. The van der Waals surface area contributed by atoms with Gasteiger partial charge in [0.15, 0.2) is 5.76 Å². The lowest BCUT2D eigenvalue weighted by atomic mass is 10.0. The molecule has 8 nitrogen and oxygen atoms in total. The summed E-state index contributed by atoms with van der Waals surface area (Å²) in [6.07, 6.45) is 4.08. The third kappa shape index (κ3) is 4.11. The summed E-state index contributed by atoms with van der Waals surface area (Å²) < 4.78 is 5.19. The van der Waals surface area contributed by atoms with Gasteiger partial charge in [-0.05, 0) is 49.3 Å². The Morgan fingerprint density at radius 2 is 1.71 bits per heavy atom. The average molecular weight is 462 g/mol. The van der Waals surface area contributed by atoms with Crippen LogP contribution in [0.5, 0.6) is 5.75 Å². The van der Waals surface area contributed by atoms with Crippen molar-refractivity contribution in [3.8, 4) is 5.75 Å². The average Bonchev–Trinajstić information content (AvgIpc) is 3.57. The van der Waals surface area contributed by atoms with Gasteiger partial charge in [0.25, 0.3) is 11.8 Å². The Balaban J connectivity index is 1.22. The number of amides is 3. The molecule has 0 bridgehead atoms. The number of nitrogens with one attached hydrogen (secondary N) is 1. The van der Waals surface area contributed by atoms with Crippen LogP contribution in [0, 0.1) is 0 Å². The summed E-state index contributed by atoms with van der Waals surface area (Å²) in [5, 5.41) is 15.3. The molecule has 0 aliphatic carbocycles. The zero-order valence-electron chi connectivity index (χ0n) is 18.8. The summed E-state index contributed by atoms with van der Waals surface area (Å²) in [4.78, 5) is 42.1. The van der Waals surface area contributed by atoms with E-state index in [0.717, 1.165) is 11.8 Å². The summed E-state index contributed by atoms with van der Waals surface area (Å²) in [5.74, 6) is -0.387. The van der Waals surface area contributed by atoms with Crippen LogP contribution in [-0.4, -0.2) is 64.3 Å². The second-order valence-electron chi connectivity index (χ2n) is 8.89. The van der Waals surface area contributed by atoms with Gasteiger partial charge in [-0.1, -0.05) is 30.3 Å². The van der Waals surface area contributed by atoms with Gasteiger partial charge in [-0.25, -0.2) is 0 Å². The zero-order chi connectivity index (χ0) is 23.7. The first kappa shape index (κ1) is 22.0. The molecule has 1 atom stereocenters. The Hall–Kier alpha value is -3.81. The maximum atomic E-state index is 13.3. The molecule has 1 aromatic heterocycles. The second kappa shape index (κ2) is 9.21. The first-order valence-corrected chi connectivity index (χ1v) is 11.7. The molecule has 2 N–H and O–H groups in total. The molecular weight excluding hydrogens is 434 g/mol. The Kier molecular flexibility index (Phi) is 5.96. The number of furan rings is 1. The third-order valence-electron chi connectivity index (χ3n) is 6.81. The van der Waals surface area contributed by atoms with Crippen molar-refractivity contribution in [1.82, 2.24) is 15.1 Å². The van der Waals surface area contributed by atoms with Gasteiger partial charge >= 0.3 is 0 Å². The lowest BCUT2D eigenvalue weighted by Gasteiger charge is -2.33. The molecule has 176 valence electrons. The third-order valence-corrected chi connectivity index (χ3v) is 6.81. The lowest BCUT2D eigenvalue weighted by molar-refractivity contribution is -0.125. The van der Waals surface area contributed by atoms with E-state index in [4.69, 9.17) is 4.42 Å². The summed E-state index contributed by atoms with van der Waals surface area (Å²) in [5.41, 5.74) is 0.211. The molecule has 2 aliphatic heterocycles. The minimum absolute atomic E-state index is 0.0530. The van der Waals surface area contributed by atoms with Gasteiger partial charge in [0, 0.05) is 31.1 Å². The van der Waals surface area contributed by atoms with E-state index < -0.39 is 6.04 Å². The number of aromatic hydroxyl groups is 1. The summed E-state index contributed by atoms with van der Waals surface area (Å²) in [7, 11) is 0. The fourth-order valence-electron chi connectivity index (χ4n) is 4.95. The van der Waals surface area contributed by atoms with Crippen LogP contribution in [0.1, 0.15) is 46.6 Å². The Labute approximate surface area is 197 Å². The quantitative estimate of drug-likeness (QED) is 0.621. The SMILES string of the molecule is O=C(NC1CCN(C(=O)c2ccco2)CC1)C1CCCN1C(=O)c1ccc2ccccc2c1O. The fraction of sp³-hybridized carbons (Fsp3) is 0.346. The van der Waals surface area contributed by atoms with Crippen LogP contribution in [0.15, 0.2) is 59.2 Å². The van der Waals surface area contributed by atoms with Crippen LogP contribution in [0.25, 0.3) is 10.8 Å². The van der Waals surface area contributed by atoms with Gasteiger partial charge in [0.05, 0.1) is 11.8 Å². The topological polar surface area (TPSA) is 103 Å². The standard InChI is InChI=1S/C26H27N3O5/c30-23-19-6-2-1-5-17(19)9-10-20(23)25(32)29-13-3-7-21(29)24(31)27-18-11-14-28(15-12-18)26(33)22-8-4-16-34-22/h1-2,4-6,8-10,16,18,21,30H,3,7,11-15H2,(H,27,31). The molecule has 2 aromatic carbocycles. The lowest BCUT2D eigenvalue weighted by Crippen LogP contribution is -2.52. The van der Waals surface area contributed by atoms with E-state index in [1.807, 2.05) is 24.3 Å². The number of carbonyl (C=O) groups is 3. The molecule has 3 amide bonds. The summed E-state index contributed by atoms with van der Waals surface area (Å²) >= 11 is 0. The molecule has 2 aliphatic rings. The number of fused-ring (bicyclic) bond motifs is 1. The molecule has 1 unspecified atom stereocenters. The number of likely N-dealkylation sites (tertiary alicyclic amines) is 2. The number of phenols is 1. The Morgan fingerprint density at radius 1 is 0.912 bits per heavy atom. The molecule has 3 aromatic rings. The van der Waals surface area contributed by atoms with Crippen molar-refractivity contribution in [3.63, 3.8) is 0 Å².